The standard InChI is InChI=1S/C21H34N10O/c1-32-18-5-3-2-4-13(18)8-26-19-27-20(30-9-14(22)6-15(23)10-30)29-21(28-19)31-11-16(24)7-17(25)12-31/h2-5,14-17H,6-12,22-25H2,1H3,(H,26,27,28,29)/t14-,15+,16-,17+. The summed E-state index contributed by atoms with van der Waals surface area (Å²) in [7, 11) is 1.66. The van der Waals surface area contributed by atoms with Crippen LogP contribution in [0.5, 0.6) is 5.75 Å². The van der Waals surface area contributed by atoms with E-state index in [2.05, 4.69) is 15.3 Å². The Labute approximate surface area is 188 Å². The molecule has 2 fully saturated rings. The van der Waals surface area contributed by atoms with Gasteiger partial charge in [-0.3, -0.25) is 0 Å². The molecular formula is C21H34N10O. The lowest BCUT2D eigenvalue weighted by molar-refractivity contribution is 0.410. The van der Waals surface area contributed by atoms with E-state index in [4.69, 9.17) is 32.7 Å². The molecule has 0 bridgehead atoms. The fourth-order valence-corrected chi connectivity index (χ4v) is 4.42. The van der Waals surface area contributed by atoms with E-state index in [1.807, 2.05) is 34.1 Å². The van der Waals surface area contributed by atoms with Gasteiger partial charge in [-0.1, -0.05) is 18.2 Å². The van der Waals surface area contributed by atoms with Gasteiger partial charge in [0.15, 0.2) is 0 Å². The zero-order valence-corrected chi connectivity index (χ0v) is 18.5. The number of nitrogens with two attached hydrogens (primary N) is 4. The fraction of sp³-hybridized carbons (Fsp3) is 0.571. The van der Waals surface area contributed by atoms with Crippen molar-refractivity contribution in [1.82, 2.24) is 15.0 Å². The molecule has 0 aliphatic carbocycles. The minimum atomic E-state index is -0.0271. The van der Waals surface area contributed by atoms with Crippen LogP contribution >= 0.6 is 0 Å². The summed E-state index contributed by atoms with van der Waals surface area (Å²) in [5.74, 6) is 2.37. The molecule has 1 aromatic heterocycles. The van der Waals surface area contributed by atoms with Crippen LogP contribution < -0.4 is 42.8 Å². The Balaban J connectivity index is 1.62. The summed E-state index contributed by atoms with van der Waals surface area (Å²) in [5, 5.41) is 3.32. The van der Waals surface area contributed by atoms with Crippen LogP contribution in [0, 0.1) is 0 Å². The van der Waals surface area contributed by atoms with Crippen molar-refractivity contribution in [3.63, 3.8) is 0 Å². The predicted molar refractivity (Wildman–Crippen MR) is 126 cm³/mol. The van der Waals surface area contributed by atoms with Crippen molar-refractivity contribution >= 4 is 17.8 Å². The molecule has 2 aromatic rings. The average Bonchev–Trinajstić information content (AvgIpc) is 2.76. The first-order valence-electron chi connectivity index (χ1n) is 11.0. The number of nitrogens with zero attached hydrogens (tertiary/aromatic N) is 5. The first kappa shape index (κ1) is 22.5. The minimum absolute atomic E-state index is 0.0271. The van der Waals surface area contributed by atoms with Crippen LogP contribution in [0.2, 0.25) is 0 Å². The number of hydrogen-bond acceptors (Lipinski definition) is 11. The quantitative estimate of drug-likeness (QED) is 0.380. The lowest BCUT2D eigenvalue weighted by atomic mass is 10.0. The van der Waals surface area contributed by atoms with E-state index < -0.39 is 0 Å². The van der Waals surface area contributed by atoms with Crippen LogP contribution in [0.15, 0.2) is 24.3 Å². The Hall–Kier alpha value is -2.73. The molecule has 4 rings (SSSR count). The van der Waals surface area contributed by atoms with Gasteiger partial charge in [-0.2, -0.15) is 15.0 Å². The van der Waals surface area contributed by atoms with Gasteiger partial charge in [0.2, 0.25) is 17.8 Å². The molecule has 2 saturated heterocycles. The molecule has 11 heteroatoms. The Morgan fingerprint density at radius 3 is 1.84 bits per heavy atom. The van der Waals surface area contributed by atoms with Gasteiger partial charge in [-0.25, -0.2) is 0 Å². The number of nitrogens with one attached hydrogen (secondary N) is 1. The molecule has 0 radical (unpaired) electrons. The van der Waals surface area contributed by atoms with E-state index >= 15 is 0 Å². The first-order chi connectivity index (χ1) is 15.4. The van der Waals surface area contributed by atoms with Gasteiger partial charge < -0.3 is 42.8 Å². The summed E-state index contributed by atoms with van der Waals surface area (Å²) in [4.78, 5) is 18.2. The second-order valence-electron chi connectivity index (χ2n) is 8.75. The maximum absolute atomic E-state index is 6.21. The third-order valence-electron chi connectivity index (χ3n) is 5.84. The first-order valence-corrected chi connectivity index (χ1v) is 11.0. The minimum Gasteiger partial charge on any atom is -0.496 e. The third-order valence-corrected chi connectivity index (χ3v) is 5.84. The van der Waals surface area contributed by atoms with E-state index in [1.165, 1.54) is 0 Å². The molecule has 11 nitrogen and oxygen atoms in total. The average molecular weight is 443 g/mol. The van der Waals surface area contributed by atoms with Crippen molar-refractivity contribution in [3.8, 4) is 5.75 Å². The summed E-state index contributed by atoms with van der Waals surface area (Å²) in [6, 6.07) is 7.72. The van der Waals surface area contributed by atoms with Crippen LogP contribution in [0.1, 0.15) is 18.4 Å². The Kier molecular flexibility index (Phi) is 6.89. The molecule has 2 aliphatic heterocycles. The number of methoxy groups -OCH3 is 1. The number of aromatic nitrogens is 3. The second kappa shape index (κ2) is 9.82. The molecule has 2 aliphatic rings. The van der Waals surface area contributed by atoms with Crippen molar-refractivity contribution in [3.05, 3.63) is 29.8 Å². The molecule has 3 heterocycles. The molecule has 0 amide bonds. The summed E-state index contributed by atoms with van der Waals surface area (Å²) in [5.41, 5.74) is 25.8. The van der Waals surface area contributed by atoms with Crippen LogP contribution in [-0.2, 0) is 6.54 Å². The number of benzene rings is 1. The topological polar surface area (TPSA) is 170 Å². The van der Waals surface area contributed by atoms with Gasteiger partial charge in [0.05, 0.1) is 7.11 Å². The molecule has 9 N–H and O–H groups in total. The summed E-state index contributed by atoms with van der Waals surface area (Å²) in [6.45, 7) is 3.07. The fourth-order valence-electron chi connectivity index (χ4n) is 4.42. The van der Waals surface area contributed by atoms with Crippen molar-refractivity contribution in [2.75, 3.05) is 48.4 Å². The number of rotatable bonds is 6. The summed E-state index contributed by atoms with van der Waals surface area (Å²) in [6.07, 6.45) is 1.56. The number of para-hydroxylation sites is 1. The highest BCUT2D eigenvalue weighted by molar-refractivity contribution is 5.47. The van der Waals surface area contributed by atoms with Crippen molar-refractivity contribution < 1.29 is 4.74 Å². The number of piperidine rings is 2. The van der Waals surface area contributed by atoms with Crippen molar-refractivity contribution in [2.45, 2.75) is 43.6 Å². The molecule has 4 atom stereocenters. The Morgan fingerprint density at radius 1 is 0.844 bits per heavy atom. The molecule has 174 valence electrons. The zero-order valence-electron chi connectivity index (χ0n) is 18.5. The van der Waals surface area contributed by atoms with E-state index in [1.54, 1.807) is 7.11 Å². The molecule has 0 saturated carbocycles. The Bertz CT molecular complexity index is 848. The second-order valence-corrected chi connectivity index (χ2v) is 8.75. The SMILES string of the molecule is COc1ccccc1CNc1nc(N2C[C@H](N)C[C@H](N)C2)nc(N2C[C@H](N)C[C@H](N)C2)n1. The maximum atomic E-state index is 6.21. The van der Waals surface area contributed by atoms with E-state index in [-0.39, 0.29) is 24.2 Å². The Morgan fingerprint density at radius 2 is 1.34 bits per heavy atom. The molecule has 32 heavy (non-hydrogen) atoms. The van der Waals surface area contributed by atoms with Crippen molar-refractivity contribution in [1.29, 1.82) is 0 Å². The highest BCUT2D eigenvalue weighted by atomic mass is 16.5. The van der Waals surface area contributed by atoms with E-state index in [9.17, 15) is 0 Å². The third kappa shape index (κ3) is 5.36. The maximum Gasteiger partial charge on any atom is 0.232 e. The van der Waals surface area contributed by atoms with Gasteiger partial charge >= 0.3 is 0 Å². The van der Waals surface area contributed by atoms with Crippen LogP contribution in [-0.4, -0.2) is 72.4 Å². The van der Waals surface area contributed by atoms with Gasteiger partial charge in [0, 0.05) is 62.5 Å². The summed E-state index contributed by atoms with van der Waals surface area (Å²) < 4.78 is 5.45. The monoisotopic (exact) mass is 442 g/mol. The molecule has 1 aromatic carbocycles. The smallest absolute Gasteiger partial charge is 0.232 e. The molecule has 0 unspecified atom stereocenters. The van der Waals surface area contributed by atoms with Gasteiger partial charge in [-0.15, -0.1) is 0 Å². The lowest BCUT2D eigenvalue weighted by Crippen LogP contribution is -2.54. The van der Waals surface area contributed by atoms with E-state index in [0.29, 0.717) is 50.6 Å². The summed E-state index contributed by atoms with van der Waals surface area (Å²) >= 11 is 0. The number of ether oxygens (including phenoxy) is 1. The van der Waals surface area contributed by atoms with Crippen molar-refractivity contribution in [2.24, 2.45) is 22.9 Å². The van der Waals surface area contributed by atoms with Gasteiger partial charge in [0.1, 0.15) is 5.75 Å². The van der Waals surface area contributed by atoms with Crippen LogP contribution in [0.4, 0.5) is 17.8 Å². The zero-order chi connectivity index (χ0) is 22.7. The lowest BCUT2D eigenvalue weighted by Gasteiger charge is -2.37. The number of hydrogen-bond donors (Lipinski definition) is 5. The normalized spacial score (nSPS) is 26.2. The van der Waals surface area contributed by atoms with Gasteiger partial charge in [-0.05, 0) is 18.9 Å². The highest BCUT2D eigenvalue weighted by Crippen LogP contribution is 2.23. The van der Waals surface area contributed by atoms with Crippen LogP contribution in [0.3, 0.4) is 0 Å². The van der Waals surface area contributed by atoms with Crippen LogP contribution in [0.25, 0.3) is 0 Å². The molecular weight excluding hydrogens is 408 g/mol. The van der Waals surface area contributed by atoms with E-state index in [0.717, 1.165) is 24.2 Å². The largest absolute Gasteiger partial charge is 0.496 e. The highest BCUT2D eigenvalue weighted by Gasteiger charge is 2.28. The molecule has 0 spiro atoms. The predicted octanol–water partition coefficient (Wildman–Crippen LogP) is -0.778. The van der Waals surface area contributed by atoms with Gasteiger partial charge in [0.25, 0.3) is 0 Å². The number of anilines is 3.